The zero-order chi connectivity index (χ0) is 30.2. The number of rotatable bonds is 3. The van der Waals surface area contributed by atoms with Gasteiger partial charge >= 0.3 is 0 Å². The minimum absolute atomic E-state index is 0.529. The summed E-state index contributed by atoms with van der Waals surface area (Å²) in [4.78, 5) is 2.31. The van der Waals surface area contributed by atoms with Gasteiger partial charge in [-0.3, -0.25) is 0 Å². The molecule has 0 fully saturated rings. The highest BCUT2D eigenvalue weighted by atomic mass is 16.5. The minimum atomic E-state index is -0.529. The number of anilines is 3. The summed E-state index contributed by atoms with van der Waals surface area (Å²) in [5, 5.41) is 2.24. The van der Waals surface area contributed by atoms with Crippen molar-refractivity contribution in [3.63, 3.8) is 0 Å². The first-order chi connectivity index (χ1) is 22.8. The minimum Gasteiger partial charge on any atom is -0.457 e. The van der Waals surface area contributed by atoms with Crippen LogP contribution in [0.3, 0.4) is 0 Å². The molecule has 0 amide bonds. The lowest BCUT2D eigenvalue weighted by atomic mass is 9.66. The maximum Gasteiger partial charge on any atom is 0.137 e. The van der Waals surface area contributed by atoms with E-state index in [0.29, 0.717) is 0 Å². The van der Waals surface area contributed by atoms with E-state index >= 15 is 0 Å². The zero-order valence-corrected chi connectivity index (χ0v) is 24.9. The number of benzene rings is 7. The van der Waals surface area contributed by atoms with Crippen LogP contribution in [0.15, 0.2) is 168 Å². The molecule has 3 nitrogen and oxygen atoms in total. The summed E-state index contributed by atoms with van der Waals surface area (Å²) in [5.41, 5.74) is 11.7. The number of fused-ring (bicyclic) bond motifs is 12. The van der Waals surface area contributed by atoms with Crippen LogP contribution < -0.4 is 9.64 Å². The molecule has 1 aliphatic heterocycles. The van der Waals surface area contributed by atoms with Gasteiger partial charge in [0.25, 0.3) is 0 Å². The highest BCUT2D eigenvalue weighted by Gasteiger charge is 2.51. The van der Waals surface area contributed by atoms with Crippen LogP contribution in [0.2, 0.25) is 0 Å². The topological polar surface area (TPSA) is 25.6 Å². The molecule has 0 bridgehead atoms. The van der Waals surface area contributed by atoms with Crippen LogP contribution in [-0.4, -0.2) is 0 Å². The fraction of sp³-hybridized carbons (Fsp3) is 0.0233. The second kappa shape index (κ2) is 9.47. The maximum atomic E-state index is 6.70. The Hall–Kier alpha value is -6.06. The quantitative estimate of drug-likeness (QED) is 0.205. The van der Waals surface area contributed by atoms with Crippen molar-refractivity contribution in [2.24, 2.45) is 0 Å². The number of ether oxygens (including phenoxy) is 1. The Morgan fingerprint density at radius 1 is 0.391 bits per heavy atom. The van der Waals surface area contributed by atoms with Crippen molar-refractivity contribution >= 4 is 39.0 Å². The fourth-order valence-electron chi connectivity index (χ4n) is 7.86. The summed E-state index contributed by atoms with van der Waals surface area (Å²) in [7, 11) is 0. The molecular formula is C43H27NO2. The molecule has 1 aromatic heterocycles. The molecule has 0 atom stereocenters. The van der Waals surface area contributed by atoms with Gasteiger partial charge < -0.3 is 14.1 Å². The highest BCUT2D eigenvalue weighted by molar-refractivity contribution is 6.06. The van der Waals surface area contributed by atoms with Crippen molar-refractivity contribution in [2.75, 3.05) is 4.90 Å². The van der Waals surface area contributed by atoms with Gasteiger partial charge in [0.1, 0.15) is 22.7 Å². The lowest BCUT2D eigenvalue weighted by Crippen LogP contribution is -2.32. The van der Waals surface area contributed by atoms with Gasteiger partial charge in [0.15, 0.2) is 0 Å². The van der Waals surface area contributed by atoms with Crippen molar-refractivity contribution in [1.29, 1.82) is 0 Å². The SMILES string of the molecule is c1ccc(N(c2ccc3c(c2)C2(c4ccccc4O3)c3ccccc3-c3ccccc32)c2ccc3c(c2)oc2ccccc23)cc1. The average Bonchev–Trinajstić information content (AvgIpc) is 3.63. The van der Waals surface area contributed by atoms with E-state index in [9.17, 15) is 0 Å². The zero-order valence-electron chi connectivity index (χ0n) is 24.9. The van der Waals surface area contributed by atoms with Crippen molar-refractivity contribution in [1.82, 2.24) is 0 Å². The fourth-order valence-corrected chi connectivity index (χ4v) is 7.86. The third kappa shape index (κ3) is 3.37. The number of hydrogen-bond donors (Lipinski definition) is 0. The number of hydrogen-bond acceptors (Lipinski definition) is 3. The molecule has 10 rings (SSSR count). The van der Waals surface area contributed by atoms with E-state index in [2.05, 4.69) is 157 Å². The monoisotopic (exact) mass is 589 g/mol. The van der Waals surface area contributed by atoms with Crippen molar-refractivity contribution in [3.05, 3.63) is 186 Å². The van der Waals surface area contributed by atoms with Crippen molar-refractivity contribution in [2.45, 2.75) is 5.41 Å². The molecular weight excluding hydrogens is 562 g/mol. The first kappa shape index (κ1) is 25.3. The smallest absolute Gasteiger partial charge is 0.137 e. The van der Waals surface area contributed by atoms with Gasteiger partial charge in [-0.05, 0) is 76.9 Å². The lowest BCUT2D eigenvalue weighted by Gasteiger charge is -2.40. The third-order valence-electron chi connectivity index (χ3n) is 9.72. The molecule has 0 unspecified atom stereocenters. The maximum absolute atomic E-state index is 6.70. The average molecular weight is 590 g/mol. The number of nitrogens with zero attached hydrogens (tertiary/aromatic N) is 1. The van der Waals surface area contributed by atoms with E-state index in [-0.39, 0.29) is 0 Å². The molecule has 1 aliphatic carbocycles. The summed E-state index contributed by atoms with van der Waals surface area (Å²) in [5.74, 6) is 1.76. The molecule has 2 heterocycles. The summed E-state index contributed by atoms with van der Waals surface area (Å²) < 4.78 is 13.1. The van der Waals surface area contributed by atoms with E-state index < -0.39 is 5.41 Å². The highest BCUT2D eigenvalue weighted by Crippen LogP contribution is 2.62. The van der Waals surface area contributed by atoms with Crippen molar-refractivity contribution < 1.29 is 9.15 Å². The normalized spacial score (nSPS) is 13.6. The molecule has 216 valence electrons. The Labute approximate surface area is 266 Å². The molecule has 0 saturated heterocycles. The van der Waals surface area contributed by atoms with Gasteiger partial charge in [0.2, 0.25) is 0 Å². The van der Waals surface area contributed by atoms with E-state index in [1.807, 2.05) is 12.1 Å². The predicted octanol–water partition coefficient (Wildman–Crippen LogP) is 11.5. The second-order valence-electron chi connectivity index (χ2n) is 12.1. The molecule has 2 aliphatic rings. The van der Waals surface area contributed by atoms with Gasteiger partial charge in [-0.25, -0.2) is 0 Å². The molecule has 46 heavy (non-hydrogen) atoms. The van der Waals surface area contributed by atoms with Gasteiger partial charge in [-0.15, -0.1) is 0 Å². The van der Waals surface area contributed by atoms with Crippen LogP contribution in [0, 0.1) is 0 Å². The van der Waals surface area contributed by atoms with E-state index in [0.717, 1.165) is 61.6 Å². The van der Waals surface area contributed by atoms with Crippen molar-refractivity contribution in [3.8, 4) is 22.6 Å². The summed E-state index contributed by atoms with van der Waals surface area (Å²) in [6, 6.07) is 58.1. The van der Waals surface area contributed by atoms with Crippen LogP contribution in [0.1, 0.15) is 22.3 Å². The van der Waals surface area contributed by atoms with Gasteiger partial charge in [-0.1, -0.05) is 103 Å². The molecule has 8 aromatic rings. The number of furan rings is 1. The van der Waals surface area contributed by atoms with Crippen LogP contribution in [0.5, 0.6) is 11.5 Å². The van der Waals surface area contributed by atoms with E-state index in [1.54, 1.807) is 0 Å². The van der Waals surface area contributed by atoms with E-state index in [1.165, 1.54) is 22.3 Å². The standard InChI is InChI=1S/C43H27NO2/c1-2-12-28(13-3-1)44(30-22-24-34-33-16-6-10-20-39(33)45-42(34)27-30)29-23-25-41-38(26-29)43(37-19-9-11-21-40(37)46-41)35-17-7-4-14-31(35)32-15-5-8-18-36(32)43/h1-27H. The summed E-state index contributed by atoms with van der Waals surface area (Å²) in [6.45, 7) is 0. The van der Waals surface area contributed by atoms with Gasteiger partial charge in [0.05, 0.1) is 5.41 Å². The van der Waals surface area contributed by atoms with Crippen LogP contribution in [0.4, 0.5) is 17.1 Å². The Kier molecular flexibility index (Phi) is 5.20. The molecule has 1 spiro atoms. The van der Waals surface area contributed by atoms with Crippen LogP contribution in [0.25, 0.3) is 33.1 Å². The Morgan fingerprint density at radius 3 is 1.78 bits per heavy atom. The third-order valence-corrected chi connectivity index (χ3v) is 9.72. The first-order valence-corrected chi connectivity index (χ1v) is 15.7. The summed E-state index contributed by atoms with van der Waals surface area (Å²) in [6.07, 6.45) is 0. The predicted molar refractivity (Wildman–Crippen MR) is 186 cm³/mol. The Bertz CT molecular complexity index is 2430. The largest absolute Gasteiger partial charge is 0.457 e. The van der Waals surface area contributed by atoms with E-state index in [4.69, 9.17) is 9.15 Å². The summed E-state index contributed by atoms with van der Waals surface area (Å²) >= 11 is 0. The Balaban J connectivity index is 1.25. The first-order valence-electron chi connectivity index (χ1n) is 15.7. The second-order valence-corrected chi connectivity index (χ2v) is 12.1. The molecule has 3 heteroatoms. The molecule has 0 N–H and O–H groups in total. The lowest BCUT2D eigenvalue weighted by molar-refractivity contribution is 0.436. The number of para-hydroxylation sites is 3. The van der Waals surface area contributed by atoms with Gasteiger partial charge in [-0.2, -0.15) is 0 Å². The molecule has 0 radical (unpaired) electrons. The molecule has 7 aromatic carbocycles. The Morgan fingerprint density at radius 2 is 0.978 bits per heavy atom. The van der Waals surface area contributed by atoms with Crippen LogP contribution >= 0.6 is 0 Å². The van der Waals surface area contributed by atoms with Crippen LogP contribution in [-0.2, 0) is 5.41 Å². The molecule has 0 saturated carbocycles. The van der Waals surface area contributed by atoms with Gasteiger partial charge in [0, 0.05) is 45.0 Å².